The molecule has 0 saturated heterocycles. The first-order valence-corrected chi connectivity index (χ1v) is 9.96. The third-order valence-electron chi connectivity index (χ3n) is 3.56. The molecule has 22 heavy (non-hydrogen) atoms. The largest absolute Gasteiger partial charge is 0.280 e. The van der Waals surface area contributed by atoms with Crippen LogP contribution in [0.2, 0.25) is 0 Å². The van der Waals surface area contributed by atoms with Gasteiger partial charge in [-0.1, -0.05) is 18.2 Å². The molecule has 1 heterocycles. The van der Waals surface area contributed by atoms with E-state index in [-0.39, 0.29) is 10.6 Å². The molecule has 2 aromatic carbocycles. The van der Waals surface area contributed by atoms with Crippen molar-refractivity contribution >= 4 is 25.5 Å². The Hall–Kier alpha value is -1.86. The Balaban J connectivity index is 1.95. The van der Waals surface area contributed by atoms with Crippen molar-refractivity contribution in [2.75, 3.05) is 10.5 Å². The number of sulfonamides is 1. The van der Waals surface area contributed by atoms with Crippen LogP contribution in [0.3, 0.4) is 0 Å². The van der Waals surface area contributed by atoms with Crippen LogP contribution in [-0.2, 0) is 26.3 Å². The Bertz CT molecular complexity index is 904. The molecule has 0 atom stereocenters. The molecule has 1 aliphatic heterocycles. The van der Waals surface area contributed by atoms with Crippen LogP contribution in [0.5, 0.6) is 0 Å². The first-order chi connectivity index (χ1) is 10.4. The van der Waals surface area contributed by atoms with Crippen LogP contribution in [0.1, 0.15) is 12.0 Å². The first kappa shape index (κ1) is 15.1. The predicted molar refractivity (Wildman–Crippen MR) is 84.1 cm³/mol. The van der Waals surface area contributed by atoms with Crippen molar-refractivity contribution in [2.24, 2.45) is 0 Å². The molecule has 5 nitrogen and oxygen atoms in total. The number of fused-ring (bicyclic) bond motifs is 1. The van der Waals surface area contributed by atoms with Crippen molar-refractivity contribution in [3.63, 3.8) is 0 Å². The molecule has 7 heteroatoms. The highest BCUT2D eigenvalue weighted by atomic mass is 32.2. The molecule has 0 fully saturated rings. The fourth-order valence-electron chi connectivity index (χ4n) is 2.52. The van der Waals surface area contributed by atoms with Crippen LogP contribution in [0.15, 0.2) is 58.3 Å². The number of benzene rings is 2. The molecule has 0 aliphatic carbocycles. The number of nitrogens with one attached hydrogen (secondary N) is 1. The van der Waals surface area contributed by atoms with Crippen LogP contribution < -0.4 is 4.72 Å². The molecule has 0 spiro atoms. The van der Waals surface area contributed by atoms with Crippen LogP contribution in [0, 0.1) is 0 Å². The lowest BCUT2D eigenvalue weighted by molar-refractivity contribution is 0.586. The van der Waals surface area contributed by atoms with E-state index in [2.05, 4.69) is 4.72 Å². The van der Waals surface area contributed by atoms with Crippen molar-refractivity contribution in [1.29, 1.82) is 0 Å². The molecule has 116 valence electrons. The summed E-state index contributed by atoms with van der Waals surface area (Å²) >= 11 is 0. The van der Waals surface area contributed by atoms with E-state index in [0.29, 0.717) is 29.0 Å². The van der Waals surface area contributed by atoms with E-state index in [1.54, 1.807) is 24.3 Å². The fraction of sp³-hybridized carbons (Fsp3) is 0.200. The maximum Gasteiger partial charge on any atom is 0.261 e. The molecule has 0 radical (unpaired) electrons. The van der Waals surface area contributed by atoms with Crippen LogP contribution in [0.25, 0.3) is 0 Å². The van der Waals surface area contributed by atoms with Gasteiger partial charge in [0.05, 0.1) is 15.5 Å². The highest BCUT2D eigenvalue weighted by Crippen LogP contribution is 2.28. The van der Waals surface area contributed by atoms with E-state index in [4.69, 9.17) is 0 Å². The lowest BCUT2D eigenvalue weighted by Gasteiger charge is -2.17. The van der Waals surface area contributed by atoms with E-state index in [9.17, 15) is 16.8 Å². The topological polar surface area (TPSA) is 80.3 Å². The molecule has 0 bridgehead atoms. The maximum atomic E-state index is 12.3. The van der Waals surface area contributed by atoms with Crippen LogP contribution in [-0.4, -0.2) is 22.6 Å². The third kappa shape index (κ3) is 2.86. The van der Waals surface area contributed by atoms with Crippen LogP contribution >= 0.6 is 0 Å². The quantitative estimate of drug-likeness (QED) is 0.931. The zero-order chi connectivity index (χ0) is 15.8. The van der Waals surface area contributed by atoms with Gasteiger partial charge in [-0.3, -0.25) is 4.72 Å². The third-order valence-corrected chi connectivity index (χ3v) is 6.85. The standard InChI is InChI=1S/C15H15NO4S2/c17-21(18)10-4-5-12-11-13(8-9-15(12)21)16-22(19,20)14-6-2-1-3-7-14/h1-3,6-9,11,16H,4-5,10H2. The minimum absolute atomic E-state index is 0.148. The summed E-state index contributed by atoms with van der Waals surface area (Å²) in [4.78, 5) is 0.474. The summed E-state index contributed by atoms with van der Waals surface area (Å²) in [6.07, 6.45) is 1.19. The molecule has 3 rings (SSSR count). The monoisotopic (exact) mass is 337 g/mol. The van der Waals surface area contributed by atoms with Gasteiger partial charge in [-0.2, -0.15) is 0 Å². The van der Waals surface area contributed by atoms with Gasteiger partial charge in [0.15, 0.2) is 9.84 Å². The average molecular weight is 337 g/mol. The molecular formula is C15H15NO4S2. The number of anilines is 1. The fourth-order valence-corrected chi connectivity index (χ4v) is 5.17. The summed E-state index contributed by atoms with van der Waals surface area (Å²) in [7, 11) is -6.90. The number of aryl methyl sites for hydroxylation is 1. The van der Waals surface area contributed by atoms with Gasteiger partial charge in [0.2, 0.25) is 0 Å². The number of hydrogen-bond donors (Lipinski definition) is 1. The molecular weight excluding hydrogens is 322 g/mol. The van der Waals surface area contributed by atoms with Crippen molar-refractivity contribution in [2.45, 2.75) is 22.6 Å². The Morgan fingerprint density at radius 3 is 2.45 bits per heavy atom. The highest BCUT2D eigenvalue weighted by Gasteiger charge is 2.24. The average Bonchev–Trinajstić information content (AvgIpc) is 2.47. The second kappa shape index (κ2) is 5.40. The SMILES string of the molecule is O=S1(=O)CCCc2cc(NS(=O)(=O)c3ccccc3)ccc21. The normalized spacial score (nSPS) is 16.7. The molecule has 1 N–H and O–H groups in total. The Morgan fingerprint density at radius 2 is 1.73 bits per heavy atom. The predicted octanol–water partition coefficient (Wildman–Crippen LogP) is 2.21. The number of rotatable bonds is 3. The molecule has 0 saturated carbocycles. The zero-order valence-corrected chi connectivity index (χ0v) is 13.3. The van der Waals surface area contributed by atoms with Gasteiger partial charge in [0.1, 0.15) is 0 Å². The number of hydrogen-bond acceptors (Lipinski definition) is 4. The van der Waals surface area contributed by atoms with Gasteiger partial charge in [0, 0.05) is 5.69 Å². The summed E-state index contributed by atoms with van der Waals surface area (Å²) < 4.78 is 50.9. The van der Waals surface area contributed by atoms with Gasteiger partial charge in [-0.15, -0.1) is 0 Å². The summed E-state index contributed by atoms with van der Waals surface area (Å²) in [5.41, 5.74) is 1.04. The minimum atomic E-state index is -3.67. The van der Waals surface area contributed by atoms with E-state index in [1.807, 2.05) is 0 Å². The summed E-state index contributed by atoms with van der Waals surface area (Å²) in [6, 6.07) is 12.6. The second-order valence-corrected chi connectivity index (χ2v) is 8.92. The van der Waals surface area contributed by atoms with E-state index < -0.39 is 19.9 Å². The number of sulfone groups is 1. The maximum absolute atomic E-state index is 12.3. The molecule has 0 aromatic heterocycles. The Labute approximate surface area is 130 Å². The summed E-state index contributed by atoms with van der Waals surface area (Å²) in [6.45, 7) is 0. The van der Waals surface area contributed by atoms with Gasteiger partial charge >= 0.3 is 0 Å². The summed E-state index contributed by atoms with van der Waals surface area (Å²) in [5.74, 6) is 0.148. The zero-order valence-electron chi connectivity index (χ0n) is 11.7. The Morgan fingerprint density at radius 1 is 1.00 bits per heavy atom. The smallest absolute Gasteiger partial charge is 0.261 e. The van der Waals surface area contributed by atoms with Crippen molar-refractivity contribution < 1.29 is 16.8 Å². The molecule has 2 aromatic rings. The van der Waals surface area contributed by atoms with Crippen molar-refractivity contribution in [1.82, 2.24) is 0 Å². The van der Waals surface area contributed by atoms with Gasteiger partial charge in [0.25, 0.3) is 10.0 Å². The molecule has 1 aliphatic rings. The van der Waals surface area contributed by atoms with E-state index >= 15 is 0 Å². The van der Waals surface area contributed by atoms with Gasteiger partial charge in [-0.25, -0.2) is 16.8 Å². The van der Waals surface area contributed by atoms with Gasteiger partial charge in [-0.05, 0) is 48.7 Å². The van der Waals surface area contributed by atoms with Crippen molar-refractivity contribution in [3.8, 4) is 0 Å². The van der Waals surface area contributed by atoms with E-state index in [1.165, 1.54) is 24.3 Å². The van der Waals surface area contributed by atoms with Gasteiger partial charge < -0.3 is 0 Å². The minimum Gasteiger partial charge on any atom is -0.280 e. The highest BCUT2D eigenvalue weighted by molar-refractivity contribution is 7.92. The molecule has 0 amide bonds. The second-order valence-electron chi connectivity index (χ2n) is 5.16. The lowest BCUT2D eigenvalue weighted by Crippen LogP contribution is -2.17. The summed E-state index contributed by atoms with van der Waals surface area (Å²) in [5, 5.41) is 0. The molecule has 0 unspecified atom stereocenters. The first-order valence-electron chi connectivity index (χ1n) is 6.82. The lowest BCUT2D eigenvalue weighted by atomic mass is 10.1. The van der Waals surface area contributed by atoms with Crippen LogP contribution in [0.4, 0.5) is 5.69 Å². The Kier molecular flexibility index (Phi) is 3.70. The van der Waals surface area contributed by atoms with E-state index in [0.717, 1.165) is 0 Å². The van der Waals surface area contributed by atoms with Crippen molar-refractivity contribution in [3.05, 3.63) is 54.1 Å².